The molecule has 0 aromatic carbocycles. The van der Waals surface area contributed by atoms with Gasteiger partial charge in [0.05, 0.1) is 19.3 Å². The molecule has 0 radical (unpaired) electrons. The quantitative estimate of drug-likeness (QED) is 0.630. The summed E-state index contributed by atoms with van der Waals surface area (Å²) in [6.45, 7) is 8.76. The van der Waals surface area contributed by atoms with Crippen LogP contribution in [0.15, 0.2) is 0 Å². The summed E-state index contributed by atoms with van der Waals surface area (Å²) in [7, 11) is 0. The largest absolute Gasteiger partial charge is 0.375 e. The second kappa shape index (κ2) is 6.15. The predicted octanol–water partition coefficient (Wildman–Crippen LogP) is -0.606. The Labute approximate surface area is 108 Å². The van der Waals surface area contributed by atoms with Gasteiger partial charge in [-0.25, -0.2) is 0 Å². The lowest BCUT2D eigenvalue weighted by Crippen LogP contribution is -2.57. The average Bonchev–Trinajstić information content (AvgIpc) is 2.24. The first-order valence-corrected chi connectivity index (χ1v) is 6.23. The van der Waals surface area contributed by atoms with E-state index in [1.165, 1.54) is 0 Å². The summed E-state index contributed by atoms with van der Waals surface area (Å²) in [6.07, 6.45) is -0.176. The fourth-order valence-corrected chi connectivity index (χ4v) is 1.77. The highest BCUT2D eigenvalue weighted by atomic mass is 16.5. The van der Waals surface area contributed by atoms with Crippen molar-refractivity contribution in [2.24, 2.45) is 0 Å². The van der Waals surface area contributed by atoms with Gasteiger partial charge >= 0.3 is 0 Å². The molecule has 1 aliphatic heterocycles. The molecular weight excluding hydrogens is 234 g/mol. The normalized spacial score (nSPS) is 24.4. The van der Waals surface area contributed by atoms with Gasteiger partial charge in [0.1, 0.15) is 6.04 Å². The Morgan fingerprint density at radius 2 is 2.06 bits per heavy atom. The molecule has 0 spiro atoms. The smallest absolute Gasteiger partial charge is 0.240 e. The second-order valence-electron chi connectivity index (χ2n) is 5.52. The molecule has 0 aromatic heterocycles. The zero-order valence-electron chi connectivity index (χ0n) is 11.5. The molecule has 3 N–H and O–H groups in total. The Morgan fingerprint density at radius 3 is 2.61 bits per heavy atom. The first-order valence-electron chi connectivity index (χ1n) is 6.23. The molecule has 1 aliphatic rings. The number of nitrogens with one attached hydrogen (secondary N) is 3. The Bertz CT molecular complexity index is 312. The van der Waals surface area contributed by atoms with Crippen molar-refractivity contribution >= 4 is 11.8 Å². The molecule has 0 saturated carbocycles. The van der Waals surface area contributed by atoms with E-state index in [0.29, 0.717) is 13.2 Å². The fraction of sp³-hybridized carbons (Fsp3) is 0.833. The molecule has 6 nitrogen and oxygen atoms in total. The van der Waals surface area contributed by atoms with E-state index in [9.17, 15) is 9.59 Å². The molecule has 0 aromatic rings. The maximum atomic E-state index is 11.8. The Kier molecular flexibility index (Phi) is 5.10. The van der Waals surface area contributed by atoms with Crippen molar-refractivity contribution in [3.63, 3.8) is 0 Å². The summed E-state index contributed by atoms with van der Waals surface area (Å²) in [5.41, 5.74) is -0.290. The number of hydrogen-bond acceptors (Lipinski definition) is 4. The predicted molar refractivity (Wildman–Crippen MR) is 68.1 cm³/mol. The molecule has 6 heteroatoms. The van der Waals surface area contributed by atoms with Crippen LogP contribution in [0.1, 0.15) is 27.7 Å². The van der Waals surface area contributed by atoms with Gasteiger partial charge in [0.15, 0.2) is 0 Å². The molecule has 0 bridgehead atoms. The van der Waals surface area contributed by atoms with E-state index < -0.39 is 0 Å². The third-order valence-corrected chi connectivity index (χ3v) is 2.54. The Hall–Kier alpha value is -1.14. The molecule has 2 atom stereocenters. The van der Waals surface area contributed by atoms with E-state index in [1.807, 2.05) is 27.7 Å². The van der Waals surface area contributed by atoms with Crippen molar-refractivity contribution in [3.05, 3.63) is 0 Å². The number of ether oxygens (including phenoxy) is 1. The van der Waals surface area contributed by atoms with Gasteiger partial charge in [0.25, 0.3) is 0 Å². The Morgan fingerprint density at radius 1 is 1.39 bits per heavy atom. The lowest BCUT2D eigenvalue weighted by molar-refractivity contribution is -0.131. The summed E-state index contributed by atoms with van der Waals surface area (Å²) in [5.74, 6) is -0.397. The third-order valence-electron chi connectivity index (χ3n) is 2.54. The van der Waals surface area contributed by atoms with E-state index in [0.717, 1.165) is 0 Å². The molecule has 1 rings (SSSR count). The van der Waals surface area contributed by atoms with Crippen molar-refractivity contribution in [1.29, 1.82) is 0 Å². The summed E-state index contributed by atoms with van der Waals surface area (Å²) < 4.78 is 5.38. The number of carbonyl (C=O) groups is 2. The minimum absolute atomic E-state index is 0.0129. The Balaban J connectivity index is 2.34. The first kappa shape index (κ1) is 14.9. The monoisotopic (exact) mass is 257 g/mol. The van der Waals surface area contributed by atoms with E-state index >= 15 is 0 Å². The number of morpholine rings is 1. The minimum atomic E-state index is -0.388. The van der Waals surface area contributed by atoms with Crippen molar-refractivity contribution in [2.45, 2.75) is 45.4 Å². The second-order valence-corrected chi connectivity index (χ2v) is 5.52. The highest BCUT2D eigenvalue weighted by Crippen LogP contribution is 2.03. The van der Waals surface area contributed by atoms with Gasteiger partial charge in [-0.2, -0.15) is 0 Å². The van der Waals surface area contributed by atoms with Crippen LogP contribution in [-0.2, 0) is 14.3 Å². The molecular formula is C12H23N3O3. The molecule has 1 saturated heterocycles. The van der Waals surface area contributed by atoms with Crippen LogP contribution in [0.3, 0.4) is 0 Å². The average molecular weight is 257 g/mol. The van der Waals surface area contributed by atoms with Gasteiger partial charge in [-0.15, -0.1) is 0 Å². The number of carbonyl (C=O) groups excluding carboxylic acids is 2. The van der Waals surface area contributed by atoms with Gasteiger partial charge in [-0.3, -0.25) is 9.59 Å². The molecule has 0 unspecified atom stereocenters. The zero-order chi connectivity index (χ0) is 13.8. The van der Waals surface area contributed by atoms with Crippen LogP contribution in [0.5, 0.6) is 0 Å². The summed E-state index contributed by atoms with van der Waals surface area (Å²) >= 11 is 0. The zero-order valence-corrected chi connectivity index (χ0v) is 11.5. The molecule has 18 heavy (non-hydrogen) atoms. The van der Waals surface area contributed by atoms with Gasteiger partial charge < -0.3 is 20.7 Å². The highest BCUT2D eigenvalue weighted by Gasteiger charge is 2.28. The molecule has 104 valence electrons. The van der Waals surface area contributed by atoms with E-state index in [2.05, 4.69) is 16.0 Å². The maximum Gasteiger partial charge on any atom is 0.240 e. The van der Waals surface area contributed by atoms with Crippen LogP contribution in [-0.4, -0.2) is 49.2 Å². The van der Waals surface area contributed by atoms with Crippen LogP contribution in [0.25, 0.3) is 0 Å². The summed E-state index contributed by atoms with van der Waals surface area (Å²) in [5, 5.41) is 8.47. The number of hydrogen-bond donors (Lipinski definition) is 3. The van der Waals surface area contributed by atoms with Crippen LogP contribution in [0.4, 0.5) is 0 Å². The van der Waals surface area contributed by atoms with Crippen LogP contribution in [0.2, 0.25) is 0 Å². The van der Waals surface area contributed by atoms with E-state index in [4.69, 9.17) is 4.74 Å². The summed E-state index contributed by atoms with van der Waals surface area (Å²) in [4.78, 5) is 23.4. The van der Waals surface area contributed by atoms with Crippen molar-refractivity contribution < 1.29 is 14.3 Å². The minimum Gasteiger partial charge on any atom is -0.375 e. The third kappa shape index (κ3) is 5.01. The number of rotatable bonds is 3. The first-order chi connectivity index (χ1) is 8.29. The van der Waals surface area contributed by atoms with E-state index in [1.54, 1.807) is 0 Å². The summed E-state index contributed by atoms with van der Waals surface area (Å²) in [6, 6.07) is -0.388. The maximum absolute atomic E-state index is 11.8. The fourth-order valence-electron chi connectivity index (χ4n) is 1.77. The SMILES string of the molecule is C[C@H]1OCCN[C@@H]1C(=O)NCC(=O)NC(C)(C)C. The lowest BCUT2D eigenvalue weighted by atomic mass is 10.1. The standard InChI is InChI=1S/C12H23N3O3/c1-8-10(13-5-6-18-8)11(17)14-7-9(16)15-12(2,3)4/h8,10,13H,5-7H2,1-4H3,(H,14,17)(H,15,16)/t8-,10+/m1/s1. The lowest BCUT2D eigenvalue weighted by Gasteiger charge is -2.29. The van der Waals surface area contributed by atoms with Crippen molar-refractivity contribution in [3.8, 4) is 0 Å². The van der Waals surface area contributed by atoms with Crippen LogP contribution in [0, 0.1) is 0 Å². The highest BCUT2D eigenvalue weighted by molar-refractivity contribution is 5.88. The van der Waals surface area contributed by atoms with Crippen LogP contribution < -0.4 is 16.0 Å². The van der Waals surface area contributed by atoms with Gasteiger partial charge in [-0.05, 0) is 27.7 Å². The van der Waals surface area contributed by atoms with Crippen molar-refractivity contribution in [2.75, 3.05) is 19.7 Å². The molecule has 2 amide bonds. The van der Waals surface area contributed by atoms with E-state index in [-0.39, 0.29) is 36.0 Å². The topological polar surface area (TPSA) is 79.5 Å². The van der Waals surface area contributed by atoms with Gasteiger partial charge in [0, 0.05) is 12.1 Å². The van der Waals surface area contributed by atoms with Gasteiger partial charge in [0.2, 0.25) is 11.8 Å². The number of amides is 2. The van der Waals surface area contributed by atoms with Gasteiger partial charge in [-0.1, -0.05) is 0 Å². The molecule has 1 fully saturated rings. The molecule has 0 aliphatic carbocycles. The van der Waals surface area contributed by atoms with Crippen molar-refractivity contribution in [1.82, 2.24) is 16.0 Å². The van der Waals surface area contributed by atoms with Crippen LogP contribution >= 0.6 is 0 Å². The molecule has 1 heterocycles.